The number of hydrogen-bond donors (Lipinski definition) is 2. The van der Waals surface area contributed by atoms with Crippen molar-refractivity contribution in [2.24, 2.45) is 5.73 Å². The smallest absolute Gasteiger partial charge is 0.322 e. The van der Waals surface area contributed by atoms with Gasteiger partial charge in [0, 0.05) is 17.7 Å². The minimum absolute atomic E-state index is 0.00134. The Kier molecular flexibility index (Phi) is 5.90. The lowest BCUT2D eigenvalue weighted by molar-refractivity contribution is -0.125. The van der Waals surface area contributed by atoms with Gasteiger partial charge in [0.2, 0.25) is 0 Å². The molecule has 3 N–H and O–H groups in total. The second-order valence-electron chi connectivity index (χ2n) is 5.39. The van der Waals surface area contributed by atoms with Crippen LogP contribution in [-0.2, 0) is 6.54 Å². The maximum absolute atomic E-state index is 14.5. The van der Waals surface area contributed by atoms with Crippen LogP contribution < -0.4 is 11.1 Å². The number of halogens is 5. The molecule has 0 bridgehead atoms. The van der Waals surface area contributed by atoms with Crippen molar-refractivity contribution in [2.75, 3.05) is 13.2 Å². The second kappa shape index (κ2) is 7.72. The molecule has 0 spiro atoms. The third-order valence-electron chi connectivity index (χ3n) is 3.49. The molecular weight excluding hydrogens is 327 g/mol. The van der Waals surface area contributed by atoms with Crippen molar-refractivity contribution < 1.29 is 22.0 Å². The van der Waals surface area contributed by atoms with Gasteiger partial charge in [0.1, 0.15) is 12.5 Å². The molecule has 2 rings (SSSR count). The number of benzene rings is 2. The second-order valence-corrected chi connectivity index (χ2v) is 5.39. The van der Waals surface area contributed by atoms with Gasteiger partial charge in [-0.25, -0.2) is 8.78 Å². The van der Waals surface area contributed by atoms with Crippen LogP contribution >= 0.6 is 0 Å². The van der Waals surface area contributed by atoms with Crippen molar-refractivity contribution in [3.63, 3.8) is 0 Å². The van der Waals surface area contributed by atoms with Gasteiger partial charge in [0.05, 0.1) is 12.6 Å². The topological polar surface area (TPSA) is 38.0 Å². The third-order valence-corrected chi connectivity index (χ3v) is 3.49. The molecule has 0 aliphatic carbocycles. The van der Waals surface area contributed by atoms with Crippen LogP contribution in [0.2, 0.25) is 0 Å². The minimum atomic E-state index is -4.29. The minimum Gasteiger partial charge on any atom is -0.322 e. The molecule has 7 heteroatoms. The monoisotopic (exact) mass is 344 g/mol. The van der Waals surface area contributed by atoms with Crippen molar-refractivity contribution in [1.29, 1.82) is 0 Å². The SMILES string of the molecule is NC(CF)c1cccc(-c2cccc(CNCC(F)(F)F)c2)c1F. The molecule has 1 atom stereocenters. The zero-order chi connectivity index (χ0) is 17.7. The zero-order valence-corrected chi connectivity index (χ0v) is 12.7. The van der Waals surface area contributed by atoms with Gasteiger partial charge in [-0.1, -0.05) is 36.4 Å². The predicted molar refractivity (Wildman–Crippen MR) is 82.5 cm³/mol. The fourth-order valence-electron chi connectivity index (χ4n) is 2.34. The van der Waals surface area contributed by atoms with Gasteiger partial charge >= 0.3 is 6.18 Å². The van der Waals surface area contributed by atoms with Gasteiger partial charge in [-0.05, 0) is 17.2 Å². The van der Waals surface area contributed by atoms with Crippen LogP contribution in [0.25, 0.3) is 11.1 Å². The van der Waals surface area contributed by atoms with Crippen molar-refractivity contribution in [3.05, 3.63) is 59.4 Å². The van der Waals surface area contributed by atoms with Crippen molar-refractivity contribution in [3.8, 4) is 11.1 Å². The fourth-order valence-corrected chi connectivity index (χ4v) is 2.34. The normalized spacial score (nSPS) is 13.1. The lowest BCUT2D eigenvalue weighted by atomic mass is 9.98. The molecule has 0 aliphatic rings. The van der Waals surface area contributed by atoms with Gasteiger partial charge in [-0.2, -0.15) is 13.2 Å². The van der Waals surface area contributed by atoms with E-state index < -0.39 is 31.3 Å². The Labute approximate surface area is 136 Å². The van der Waals surface area contributed by atoms with Crippen LogP contribution in [0.3, 0.4) is 0 Å². The van der Waals surface area contributed by atoms with E-state index in [1.807, 2.05) is 0 Å². The highest BCUT2D eigenvalue weighted by atomic mass is 19.4. The largest absolute Gasteiger partial charge is 0.401 e. The summed E-state index contributed by atoms with van der Waals surface area (Å²) in [6.45, 7) is -1.99. The Balaban J connectivity index is 2.23. The van der Waals surface area contributed by atoms with Gasteiger partial charge in [0.15, 0.2) is 0 Å². The molecule has 1 unspecified atom stereocenters. The Morgan fingerprint density at radius 1 is 1.08 bits per heavy atom. The maximum Gasteiger partial charge on any atom is 0.401 e. The molecule has 0 heterocycles. The van der Waals surface area contributed by atoms with E-state index in [2.05, 4.69) is 5.32 Å². The number of alkyl halides is 4. The molecule has 0 aromatic heterocycles. The average molecular weight is 344 g/mol. The number of nitrogens with two attached hydrogens (primary N) is 1. The van der Waals surface area contributed by atoms with E-state index in [9.17, 15) is 22.0 Å². The fraction of sp³-hybridized carbons (Fsp3) is 0.294. The van der Waals surface area contributed by atoms with E-state index in [1.165, 1.54) is 12.1 Å². The predicted octanol–water partition coefficient (Wildman–Crippen LogP) is 4.11. The van der Waals surface area contributed by atoms with Crippen LogP contribution in [0.5, 0.6) is 0 Å². The molecule has 0 fully saturated rings. The van der Waals surface area contributed by atoms with Crippen LogP contribution in [0.4, 0.5) is 22.0 Å². The van der Waals surface area contributed by atoms with E-state index in [0.717, 1.165) is 0 Å². The van der Waals surface area contributed by atoms with Crippen LogP contribution in [0.15, 0.2) is 42.5 Å². The average Bonchev–Trinajstić information content (AvgIpc) is 2.53. The summed E-state index contributed by atoms with van der Waals surface area (Å²) in [4.78, 5) is 0. The Hall–Kier alpha value is -1.99. The highest BCUT2D eigenvalue weighted by Gasteiger charge is 2.26. The summed E-state index contributed by atoms with van der Waals surface area (Å²) < 4.78 is 63.7. The first-order valence-electron chi connectivity index (χ1n) is 7.28. The molecule has 0 radical (unpaired) electrons. The number of hydrogen-bond acceptors (Lipinski definition) is 2. The molecule has 0 amide bonds. The molecule has 2 nitrogen and oxygen atoms in total. The highest BCUT2D eigenvalue weighted by Crippen LogP contribution is 2.28. The summed E-state index contributed by atoms with van der Waals surface area (Å²) in [5.74, 6) is -0.622. The number of rotatable bonds is 6. The number of nitrogens with one attached hydrogen (secondary N) is 1. The third kappa shape index (κ3) is 4.75. The molecule has 0 saturated heterocycles. The van der Waals surface area contributed by atoms with Crippen LogP contribution in [0.1, 0.15) is 17.2 Å². The Morgan fingerprint density at radius 3 is 2.46 bits per heavy atom. The molecule has 0 saturated carbocycles. The van der Waals surface area contributed by atoms with E-state index in [0.29, 0.717) is 11.1 Å². The molecule has 130 valence electrons. The van der Waals surface area contributed by atoms with Gasteiger partial charge < -0.3 is 11.1 Å². The van der Waals surface area contributed by atoms with Gasteiger partial charge in [-0.3, -0.25) is 0 Å². The van der Waals surface area contributed by atoms with E-state index in [-0.39, 0.29) is 17.7 Å². The summed E-state index contributed by atoms with van der Waals surface area (Å²) in [6, 6.07) is 9.94. The first kappa shape index (κ1) is 18.4. The quantitative estimate of drug-likeness (QED) is 0.774. The first-order valence-corrected chi connectivity index (χ1v) is 7.28. The van der Waals surface area contributed by atoms with E-state index in [4.69, 9.17) is 5.73 Å². The summed E-state index contributed by atoms with van der Waals surface area (Å²) in [5.41, 5.74) is 6.92. The summed E-state index contributed by atoms with van der Waals surface area (Å²) in [6.07, 6.45) is -4.29. The maximum atomic E-state index is 14.5. The van der Waals surface area contributed by atoms with E-state index >= 15 is 0 Å². The van der Waals surface area contributed by atoms with Crippen LogP contribution in [0, 0.1) is 5.82 Å². The zero-order valence-electron chi connectivity index (χ0n) is 12.7. The molecule has 2 aromatic rings. The van der Waals surface area contributed by atoms with E-state index in [1.54, 1.807) is 30.3 Å². The lowest BCUT2D eigenvalue weighted by Crippen LogP contribution is -2.28. The van der Waals surface area contributed by atoms with Crippen molar-refractivity contribution >= 4 is 0 Å². The van der Waals surface area contributed by atoms with Gasteiger partial charge in [-0.15, -0.1) is 0 Å². The highest BCUT2D eigenvalue weighted by molar-refractivity contribution is 5.66. The molecule has 24 heavy (non-hydrogen) atoms. The Morgan fingerprint density at radius 2 is 1.79 bits per heavy atom. The Bertz CT molecular complexity index is 685. The van der Waals surface area contributed by atoms with Crippen molar-refractivity contribution in [2.45, 2.75) is 18.8 Å². The summed E-state index contributed by atoms with van der Waals surface area (Å²) in [7, 11) is 0. The van der Waals surface area contributed by atoms with Crippen molar-refractivity contribution in [1.82, 2.24) is 5.32 Å². The summed E-state index contributed by atoms with van der Waals surface area (Å²) >= 11 is 0. The standard InChI is InChI=1S/C17H17F5N2/c18-8-15(23)14-6-2-5-13(16(14)19)12-4-1-3-11(7-12)9-24-10-17(20,21)22/h1-7,15,24H,8-10,23H2. The lowest BCUT2D eigenvalue weighted by Gasteiger charge is -2.13. The molecule has 0 aliphatic heterocycles. The van der Waals surface area contributed by atoms with Crippen LogP contribution in [-0.4, -0.2) is 19.4 Å². The molecule has 2 aromatic carbocycles. The first-order chi connectivity index (χ1) is 11.3. The van der Waals surface area contributed by atoms with Gasteiger partial charge in [0.25, 0.3) is 0 Å². The summed E-state index contributed by atoms with van der Waals surface area (Å²) in [5, 5.41) is 2.29. The molecular formula is C17H17F5N2.